The van der Waals surface area contributed by atoms with Crippen molar-refractivity contribution in [3.8, 4) is 0 Å². The number of rotatable bonds is 4. The number of nitrogens with one attached hydrogen (secondary N) is 1. The summed E-state index contributed by atoms with van der Waals surface area (Å²) < 4.78 is 9.58. The molecule has 0 atom stereocenters. The van der Waals surface area contributed by atoms with Crippen molar-refractivity contribution in [2.45, 2.75) is 13.3 Å². The molecule has 0 spiro atoms. The number of amides is 1. The van der Waals surface area contributed by atoms with Gasteiger partial charge in [-0.2, -0.15) is 0 Å². The molecule has 2 rings (SSSR count). The van der Waals surface area contributed by atoms with Crippen molar-refractivity contribution in [3.63, 3.8) is 0 Å². The summed E-state index contributed by atoms with van der Waals surface area (Å²) in [6, 6.07) is 3.49. The lowest BCUT2D eigenvalue weighted by Crippen LogP contribution is -2.09. The number of anilines is 1. The van der Waals surface area contributed by atoms with E-state index in [9.17, 15) is 4.79 Å². The Hall–Kier alpha value is -2.37. The van der Waals surface area contributed by atoms with E-state index in [1.54, 1.807) is 18.2 Å². The lowest BCUT2D eigenvalue weighted by molar-refractivity contribution is -0.111. The summed E-state index contributed by atoms with van der Waals surface area (Å²) in [5.74, 6) is 0.641. The van der Waals surface area contributed by atoms with Crippen molar-refractivity contribution in [1.29, 1.82) is 0 Å². The quantitative estimate of drug-likeness (QED) is 0.815. The second-order valence-electron chi connectivity index (χ2n) is 3.25. The summed E-state index contributed by atoms with van der Waals surface area (Å²) in [5, 5.41) is 9.82. The van der Waals surface area contributed by atoms with Crippen molar-refractivity contribution < 1.29 is 13.8 Å². The number of hydrogen-bond acceptors (Lipinski definition) is 5. The van der Waals surface area contributed by atoms with Crippen LogP contribution in [0.25, 0.3) is 6.08 Å². The third-order valence-electron chi connectivity index (χ3n) is 2.08. The number of aromatic nitrogens is 2. The molecule has 0 saturated carbocycles. The van der Waals surface area contributed by atoms with Crippen molar-refractivity contribution in [2.75, 3.05) is 5.32 Å². The third-order valence-corrected chi connectivity index (χ3v) is 2.08. The van der Waals surface area contributed by atoms with Crippen LogP contribution in [0.15, 0.2) is 33.5 Å². The fraction of sp³-hybridized carbons (Fsp3) is 0.182. The first-order valence-corrected chi connectivity index (χ1v) is 5.13. The third kappa shape index (κ3) is 2.81. The summed E-state index contributed by atoms with van der Waals surface area (Å²) in [4.78, 5) is 11.5. The van der Waals surface area contributed by atoms with Crippen LogP contribution in [0.4, 0.5) is 5.82 Å². The topological polar surface area (TPSA) is 81.2 Å². The smallest absolute Gasteiger partial charge is 0.249 e. The summed E-state index contributed by atoms with van der Waals surface area (Å²) in [6.07, 6.45) is 5.09. The molecule has 17 heavy (non-hydrogen) atoms. The monoisotopic (exact) mass is 233 g/mol. The normalized spacial score (nSPS) is 10.9. The minimum atomic E-state index is -0.313. The van der Waals surface area contributed by atoms with E-state index in [0.29, 0.717) is 23.7 Å². The molecule has 6 nitrogen and oxygen atoms in total. The van der Waals surface area contributed by atoms with Gasteiger partial charge < -0.3 is 9.73 Å². The number of nitrogens with zero attached hydrogens (tertiary/aromatic N) is 2. The van der Waals surface area contributed by atoms with Crippen LogP contribution in [-0.4, -0.2) is 16.2 Å². The maximum absolute atomic E-state index is 11.5. The molecule has 0 fully saturated rings. The van der Waals surface area contributed by atoms with E-state index in [4.69, 9.17) is 4.42 Å². The summed E-state index contributed by atoms with van der Waals surface area (Å²) in [5.41, 5.74) is 0.616. The van der Waals surface area contributed by atoms with Gasteiger partial charge in [0.1, 0.15) is 11.5 Å². The Kier molecular flexibility index (Phi) is 3.34. The lowest BCUT2D eigenvalue weighted by Gasteiger charge is -1.96. The number of hydrogen-bond donors (Lipinski definition) is 1. The molecule has 88 valence electrons. The Morgan fingerprint density at radius 2 is 2.41 bits per heavy atom. The molecule has 2 aromatic rings. The van der Waals surface area contributed by atoms with Gasteiger partial charge in [0.15, 0.2) is 0 Å². The van der Waals surface area contributed by atoms with Crippen LogP contribution in [-0.2, 0) is 11.2 Å². The van der Waals surface area contributed by atoms with Gasteiger partial charge in [0.2, 0.25) is 11.7 Å². The number of carbonyl (C=O) groups excluding carboxylic acids is 1. The van der Waals surface area contributed by atoms with Gasteiger partial charge in [0, 0.05) is 6.08 Å². The van der Waals surface area contributed by atoms with Gasteiger partial charge in [-0.1, -0.05) is 12.1 Å². The van der Waals surface area contributed by atoms with Gasteiger partial charge in [-0.25, -0.2) is 4.63 Å². The highest BCUT2D eigenvalue weighted by Crippen LogP contribution is 2.10. The molecule has 0 unspecified atom stereocenters. The van der Waals surface area contributed by atoms with Gasteiger partial charge in [0.25, 0.3) is 0 Å². The predicted octanol–water partition coefficient (Wildman–Crippen LogP) is 1.88. The average Bonchev–Trinajstić information content (AvgIpc) is 2.97. The van der Waals surface area contributed by atoms with E-state index in [0.717, 1.165) is 0 Å². The van der Waals surface area contributed by atoms with E-state index >= 15 is 0 Å². The molecule has 0 aromatic carbocycles. The SMILES string of the molecule is CCc1nonc1NC(=O)/C=C/c1ccco1. The Bertz CT molecular complexity index is 514. The molecule has 0 bridgehead atoms. The Morgan fingerprint density at radius 3 is 3.12 bits per heavy atom. The van der Waals surface area contributed by atoms with E-state index < -0.39 is 0 Å². The van der Waals surface area contributed by atoms with Crippen LogP contribution < -0.4 is 5.32 Å². The molecular formula is C11H11N3O3. The standard InChI is InChI=1S/C11H11N3O3/c1-2-9-11(14-17-13-9)12-10(15)6-5-8-4-3-7-16-8/h3-7H,2H2,1H3,(H,12,14,15)/b6-5+. The first-order chi connectivity index (χ1) is 8.29. The highest BCUT2D eigenvalue weighted by molar-refractivity contribution is 6.01. The van der Waals surface area contributed by atoms with Gasteiger partial charge >= 0.3 is 0 Å². The molecule has 0 aliphatic heterocycles. The van der Waals surface area contributed by atoms with Crippen molar-refractivity contribution in [2.24, 2.45) is 0 Å². The highest BCUT2D eigenvalue weighted by Gasteiger charge is 2.09. The zero-order valence-corrected chi connectivity index (χ0v) is 9.21. The van der Waals surface area contributed by atoms with Crippen LogP contribution in [0, 0.1) is 0 Å². The molecule has 1 amide bonds. The molecule has 2 aromatic heterocycles. The summed E-state index contributed by atoms with van der Waals surface area (Å²) >= 11 is 0. The molecular weight excluding hydrogens is 222 g/mol. The average molecular weight is 233 g/mol. The van der Waals surface area contributed by atoms with Crippen LogP contribution in [0.2, 0.25) is 0 Å². The molecule has 2 heterocycles. The second-order valence-corrected chi connectivity index (χ2v) is 3.25. The molecule has 6 heteroatoms. The van der Waals surface area contributed by atoms with E-state index in [2.05, 4.69) is 20.3 Å². The van der Waals surface area contributed by atoms with Gasteiger partial charge in [0.05, 0.1) is 6.26 Å². The number of furan rings is 1. The molecule has 0 aliphatic rings. The van der Waals surface area contributed by atoms with Crippen LogP contribution >= 0.6 is 0 Å². The lowest BCUT2D eigenvalue weighted by atomic mass is 10.3. The zero-order chi connectivity index (χ0) is 12.1. The Morgan fingerprint density at radius 1 is 1.53 bits per heavy atom. The van der Waals surface area contributed by atoms with Gasteiger partial charge in [-0.3, -0.25) is 4.79 Å². The van der Waals surface area contributed by atoms with Gasteiger partial charge in [-0.05, 0) is 29.8 Å². The minimum Gasteiger partial charge on any atom is -0.465 e. The molecule has 1 N–H and O–H groups in total. The predicted molar refractivity (Wildman–Crippen MR) is 60.0 cm³/mol. The van der Waals surface area contributed by atoms with Crippen LogP contribution in [0.3, 0.4) is 0 Å². The fourth-order valence-corrected chi connectivity index (χ4v) is 1.24. The summed E-state index contributed by atoms with van der Waals surface area (Å²) in [6.45, 7) is 1.90. The van der Waals surface area contributed by atoms with Gasteiger partial charge in [-0.15, -0.1) is 0 Å². The molecule has 0 saturated heterocycles. The summed E-state index contributed by atoms with van der Waals surface area (Å²) in [7, 11) is 0. The van der Waals surface area contributed by atoms with Crippen LogP contribution in [0.5, 0.6) is 0 Å². The maximum atomic E-state index is 11.5. The Labute approximate surface area is 97.3 Å². The first kappa shape index (κ1) is 11.1. The van der Waals surface area contributed by atoms with E-state index in [1.165, 1.54) is 12.3 Å². The first-order valence-electron chi connectivity index (χ1n) is 5.13. The largest absolute Gasteiger partial charge is 0.465 e. The number of carbonyl (C=O) groups is 1. The van der Waals surface area contributed by atoms with Crippen molar-refractivity contribution >= 4 is 17.8 Å². The van der Waals surface area contributed by atoms with Crippen molar-refractivity contribution in [3.05, 3.63) is 35.9 Å². The van der Waals surface area contributed by atoms with E-state index in [-0.39, 0.29) is 5.91 Å². The number of aryl methyl sites for hydroxylation is 1. The molecule has 0 aliphatic carbocycles. The maximum Gasteiger partial charge on any atom is 0.249 e. The molecule has 0 radical (unpaired) electrons. The second kappa shape index (κ2) is 5.11. The van der Waals surface area contributed by atoms with Crippen molar-refractivity contribution in [1.82, 2.24) is 10.3 Å². The fourth-order valence-electron chi connectivity index (χ4n) is 1.24. The van der Waals surface area contributed by atoms with E-state index in [1.807, 2.05) is 6.92 Å². The minimum absolute atomic E-state index is 0.313. The van der Waals surface area contributed by atoms with Crippen LogP contribution in [0.1, 0.15) is 18.4 Å². The Balaban J connectivity index is 1.98. The highest BCUT2D eigenvalue weighted by atomic mass is 16.6. The zero-order valence-electron chi connectivity index (χ0n) is 9.21.